The Bertz CT molecular complexity index is 3.25. The summed E-state index contributed by atoms with van der Waals surface area (Å²) in [5.74, 6) is 0. The van der Waals surface area contributed by atoms with Gasteiger partial charge in [0.1, 0.15) is 0 Å². The summed E-state index contributed by atoms with van der Waals surface area (Å²) in [6.45, 7) is 0. The van der Waals surface area contributed by atoms with Gasteiger partial charge in [-0.2, -0.15) is 0 Å². The van der Waals surface area contributed by atoms with Crippen LogP contribution in [0.1, 0.15) is 0 Å². The van der Waals surface area contributed by atoms with Gasteiger partial charge in [-0.1, -0.05) is 0 Å². The summed E-state index contributed by atoms with van der Waals surface area (Å²) in [5.41, 5.74) is 0. The van der Waals surface area contributed by atoms with Gasteiger partial charge in [0.25, 0.3) is 0 Å². The van der Waals surface area contributed by atoms with Gasteiger partial charge < -0.3 is 0 Å². The van der Waals surface area contributed by atoms with Crippen LogP contribution in [0.4, 0.5) is 0 Å². The third kappa shape index (κ3) is 10.6. The predicted molar refractivity (Wildman–Crippen MR) is 0 cm³/mol. The zero-order valence-corrected chi connectivity index (χ0v) is 14.8. The Morgan fingerprint density at radius 2 is 0.500 bits per heavy atom. The molecule has 0 N–H and O–H groups in total. The molecule has 0 atom stereocenters. The van der Waals surface area contributed by atoms with Crippen molar-refractivity contribution in [3.05, 3.63) is 0 Å². The van der Waals surface area contributed by atoms with Gasteiger partial charge in [0.15, 0.2) is 0 Å². The summed E-state index contributed by atoms with van der Waals surface area (Å²) in [6.07, 6.45) is 0. The Kier molecular flexibility index (Phi) is 89.7. The van der Waals surface area contributed by atoms with Gasteiger partial charge >= 0.3 is 177 Å². The molecule has 0 rings (SSSR count). The van der Waals surface area contributed by atoms with E-state index >= 15 is 0 Å². The fraction of sp³-hybridized carbons (Fsp3) is 0. The molecule has 10 valence electrons. The number of hydrogen-bond donors (Lipinski definition) is 0. The van der Waals surface area contributed by atoms with Gasteiger partial charge in [-0.15, -0.1) is 0 Å². The molecule has 0 aromatic carbocycles. The quantitative estimate of drug-likeness (QED) is 0.390. The van der Waals surface area contributed by atoms with Crippen molar-refractivity contribution in [3.63, 3.8) is 0 Å². The number of hydrogen-bond acceptors (Lipinski definition) is 0. The molecular weight excluding hydrogens is 314 g/mol. The molecule has 4 heavy (non-hydrogen) atoms. The maximum absolute atomic E-state index is 0. The predicted octanol–water partition coefficient (Wildman–Crippen LogP) is -8.99. The van der Waals surface area contributed by atoms with Gasteiger partial charge in [-0.05, 0) is 0 Å². The molecule has 0 aliphatic rings. The van der Waals surface area contributed by atoms with Crippen molar-refractivity contribution < 1.29 is 177 Å². The minimum Gasteiger partial charge on any atom is 1.00 e. The van der Waals surface area contributed by atoms with Crippen molar-refractivity contribution in [1.29, 1.82) is 0 Å². The molecule has 0 heterocycles. The van der Waals surface area contributed by atoms with Gasteiger partial charge in [0.05, 0.1) is 0 Å². The van der Waals surface area contributed by atoms with Crippen molar-refractivity contribution >= 4 is 0 Å². The SMILES string of the molecule is [Au+].[K+].[K+].[K+]. The molecule has 0 unspecified atom stereocenters. The van der Waals surface area contributed by atoms with E-state index in [0.717, 1.165) is 0 Å². The van der Waals surface area contributed by atoms with E-state index in [-0.39, 0.29) is 177 Å². The maximum Gasteiger partial charge on any atom is 1.00 e. The van der Waals surface area contributed by atoms with E-state index in [2.05, 4.69) is 0 Å². The smallest absolute Gasteiger partial charge is 1.00 e. The van der Waals surface area contributed by atoms with E-state index in [0.29, 0.717) is 0 Å². The van der Waals surface area contributed by atoms with E-state index in [1.165, 1.54) is 0 Å². The largest absolute Gasteiger partial charge is 1.00 e. The fourth-order valence-corrected chi connectivity index (χ4v) is 0. The van der Waals surface area contributed by atoms with E-state index in [1.807, 2.05) is 0 Å². The molecular formula is AuK3+4. The van der Waals surface area contributed by atoms with Crippen molar-refractivity contribution in [2.75, 3.05) is 0 Å². The van der Waals surface area contributed by atoms with Crippen molar-refractivity contribution in [2.45, 2.75) is 0 Å². The summed E-state index contributed by atoms with van der Waals surface area (Å²) in [5, 5.41) is 0. The molecule has 0 saturated carbocycles. The minimum absolute atomic E-state index is 0. The Morgan fingerprint density at radius 1 is 0.500 bits per heavy atom. The fourth-order valence-electron chi connectivity index (χ4n) is 0. The normalized spacial score (nSPS) is 0. The molecule has 0 aliphatic carbocycles. The standard InChI is InChI=1S/Au.3K/q4*+1. The van der Waals surface area contributed by atoms with Crippen LogP contribution in [0.2, 0.25) is 0 Å². The first-order valence-electron chi connectivity index (χ1n) is 0. The van der Waals surface area contributed by atoms with Crippen LogP contribution < -0.4 is 154 Å². The Morgan fingerprint density at radius 3 is 0.500 bits per heavy atom. The molecule has 0 amide bonds. The van der Waals surface area contributed by atoms with Crippen LogP contribution in [-0.2, 0) is 22.4 Å². The molecule has 0 nitrogen and oxygen atoms in total. The molecule has 0 saturated heterocycles. The molecule has 0 radical (unpaired) electrons. The summed E-state index contributed by atoms with van der Waals surface area (Å²) in [7, 11) is 0. The summed E-state index contributed by atoms with van der Waals surface area (Å²) in [6, 6.07) is 0. The van der Waals surface area contributed by atoms with Crippen LogP contribution in [-0.4, -0.2) is 0 Å². The van der Waals surface area contributed by atoms with Crippen LogP contribution in [0.5, 0.6) is 0 Å². The van der Waals surface area contributed by atoms with Crippen molar-refractivity contribution in [3.8, 4) is 0 Å². The van der Waals surface area contributed by atoms with Crippen LogP contribution in [0.25, 0.3) is 0 Å². The van der Waals surface area contributed by atoms with Gasteiger partial charge in [-0.25, -0.2) is 0 Å². The topological polar surface area (TPSA) is 0 Å². The van der Waals surface area contributed by atoms with Crippen LogP contribution in [0, 0.1) is 0 Å². The zero-order chi connectivity index (χ0) is 0. The summed E-state index contributed by atoms with van der Waals surface area (Å²) >= 11 is 0. The van der Waals surface area contributed by atoms with Gasteiger partial charge in [0.2, 0.25) is 0 Å². The van der Waals surface area contributed by atoms with E-state index in [9.17, 15) is 0 Å². The second-order valence-corrected chi connectivity index (χ2v) is 0. The molecule has 0 aromatic rings. The van der Waals surface area contributed by atoms with Gasteiger partial charge in [0, 0.05) is 0 Å². The Hall–Kier alpha value is 5.65. The zero-order valence-electron chi connectivity index (χ0n) is 3.30. The van der Waals surface area contributed by atoms with Crippen molar-refractivity contribution in [1.82, 2.24) is 0 Å². The van der Waals surface area contributed by atoms with Gasteiger partial charge in [-0.3, -0.25) is 0 Å². The van der Waals surface area contributed by atoms with Crippen LogP contribution in [0.3, 0.4) is 0 Å². The Balaban J connectivity index is 0. The second-order valence-electron chi connectivity index (χ2n) is 0. The average molecular weight is 314 g/mol. The molecule has 0 aliphatic heterocycles. The minimum atomic E-state index is 0. The second kappa shape index (κ2) is 15.9. The first-order chi connectivity index (χ1) is 0. The molecule has 0 bridgehead atoms. The van der Waals surface area contributed by atoms with E-state index in [1.54, 1.807) is 0 Å². The molecule has 4 heteroatoms. The van der Waals surface area contributed by atoms with Crippen molar-refractivity contribution in [2.24, 2.45) is 0 Å². The molecule has 0 spiro atoms. The third-order valence-corrected chi connectivity index (χ3v) is 0. The average Bonchev–Trinajstić information content (AvgIpc) is 0. The van der Waals surface area contributed by atoms with E-state index in [4.69, 9.17) is 0 Å². The monoisotopic (exact) mass is 314 g/mol. The van der Waals surface area contributed by atoms with Crippen LogP contribution >= 0.6 is 0 Å². The molecule has 0 fully saturated rings. The third-order valence-electron chi connectivity index (χ3n) is 0. The maximum atomic E-state index is 0. The van der Waals surface area contributed by atoms with E-state index < -0.39 is 0 Å². The summed E-state index contributed by atoms with van der Waals surface area (Å²) in [4.78, 5) is 0. The number of rotatable bonds is 0. The first-order valence-corrected chi connectivity index (χ1v) is 0. The Labute approximate surface area is 170 Å². The molecule has 0 aromatic heterocycles. The summed E-state index contributed by atoms with van der Waals surface area (Å²) < 4.78 is 0. The van der Waals surface area contributed by atoms with Crippen LogP contribution in [0.15, 0.2) is 0 Å². The first kappa shape index (κ1) is 22.6.